The van der Waals surface area contributed by atoms with E-state index in [4.69, 9.17) is 4.74 Å². The van der Waals surface area contributed by atoms with Crippen molar-refractivity contribution in [2.75, 3.05) is 32.8 Å². The van der Waals surface area contributed by atoms with Gasteiger partial charge >= 0.3 is 0 Å². The van der Waals surface area contributed by atoms with Crippen molar-refractivity contribution in [1.29, 1.82) is 0 Å². The third-order valence-corrected chi connectivity index (χ3v) is 6.92. The summed E-state index contributed by atoms with van der Waals surface area (Å²) >= 11 is 1.77. The third-order valence-electron chi connectivity index (χ3n) is 6.05. The van der Waals surface area contributed by atoms with Gasteiger partial charge in [-0.1, -0.05) is 12.1 Å². The summed E-state index contributed by atoms with van der Waals surface area (Å²) in [4.78, 5) is 23.7. The predicted molar refractivity (Wildman–Crippen MR) is 105 cm³/mol. The van der Waals surface area contributed by atoms with Crippen LogP contribution in [-0.4, -0.2) is 59.1 Å². The van der Waals surface area contributed by atoms with Gasteiger partial charge in [0.05, 0.1) is 6.61 Å². The Kier molecular flexibility index (Phi) is 4.50. The van der Waals surface area contributed by atoms with Crippen LogP contribution in [0.4, 0.5) is 0 Å². The second kappa shape index (κ2) is 7.00. The maximum absolute atomic E-state index is 13.6. The first-order valence-corrected chi connectivity index (χ1v) is 10.7. The van der Waals surface area contributed by atoms with Crippen LogP contribution in [0.2, 0.25) is 0 Å². The molecule has 5 nitrogen and oxygen atoms in total. The van der Waals surface area contributed by atoms with Gasteiger partial charge < -0.3 is 9.64 Å². The molecule has 1 aliphatic carbocycles. The number of carbonyl (C=O) groups excluding carboxylic acids is 1. The second-order valence-electron chi connectivity index (χ2n) is 8.02. The predicted octanol–water partition coefficient (Wildman–Crippen LogP) is 2.75. The molecule has 142 valence electrons. The van der Waals surface area contributed by atoms with Gasteiger partial charge in [0.25, 0.3) is 5.91 Å². The topological polar surface area (TPSA) is 45.7 Å². The van der Waals surface area contributed by atoms with Gasteiger partial charge in [-0.2, -0.15) is 0 Å². The van der Waals surface area contributed by atoms with E-state index in [0.717, 1.165) is 31.7 Å². The number of carbonyl (C=O) groups is 1. The lowest BCUT2D eigenvalue weighted by atomic mass is 9.83. The monoisotopic (exact) mass is 383 g/mol. The highest BCUT2D eigenvalue weighted by molar-refractivity contribution is 7.09. The lowest BCUT2D eigenvalue weighted by molar-refractivity contribution is -0.172. The molecule has 0 radical (unpaired) electrons. The van der Waals surface area contributed by atoms with Gasteiger partial charge in [-0.15, -0.1) is 11.3 Å². The van der Waals surface area contributed by atoms with Crippen LogP contribution >= 0.6 is 11.3 Å². The molecule has 27 heavy (non-hydrogen) atoms. The average Bonchev–Trinajstić information content (AvgIpc) is 3.22. The first-order chi connectivity index (χ1) is 13.2. The number of rotatable bonds is 5. The number of amides is 1. The number of hydrogen-bond donors (Lipinski definition) is 0. The molecule has 0 bridgehead atoms. The highest BCUT2D eigenvalue weighted by Gasteiger charge is 2.57. The van der Waals surface area contributed by atoms with E-state index in [1.165, 1.54) is 17.7 Å². The Morgan fingerprint density at radius 2 is 2.22 bits per heavy atom. The number of hydrogen-bond acceptors (Lipinski definition) is 5. The SMILES string of the molecule is O=C1N(CC2CC2)CCOC12CN(Cc1cccs1)CC2c1cccnc1. The first kappa shape index (κ1) is 17.3. The lowest BCUT2D eigenvalue weighted by Crippen LogP contribution is -2.60. The second-order valence-corrected chi connectivity index (χ2v) is 9.05. The Labute approximate surface area is 164 Å². The quantitative estimate of drug-likeness (QED) is 0.797. The molecule has 0 aromatic carbocycles. The van der Waals surface area contributed by atoms with Gasteiger partial charge in [0.2, 0.25) is 0 Å². The molecule has 4 heterocycles. The smallest absolute Gasteiger partial charge is 0.256 e. The molecule has 2 unspecified atom stereocenters. The molecular weight excluding hydrogens is 358 g/mol. The number of nitrogens with zero attached hydrogens (tertiary/aromatic N) is 3. The van der Waals surface area contributed by atoms with Gasteiger partial charge in [-0.05, 0) is 41.8 Å². The van der Waals surface area contributed by atoms with Crippen LogP contribution in [0.5, 0.6) is 0 Å². The average molecular weight is 384 g/mol. The summed E-state index contributed by atoms with van der Waals surface area (Å²) in [5.41, 5.74) is 0.334. The number of likely N-dealkylation sites (tertiary alicyclic amines) is 1. The van der Waals surface area contributed by atoms with Crippen LogP contribution in [0.15, 0.2) is 42.0 Å². The van der Waals surface area contributed by atoms with Crippen LogP contribution in [0.1, 0.15) is 29.2 Å². The molecule has 1 amide bonds. The highest BCUT2D eigenvalue weighted by Crippen LogP contribution is 2.43. The molecule has 3 fully saturated rings. The zero-order chi connectivity index (χ0) is 18.3. The van der Waals surface area contributed by atoms with Gasteiger partial charge in [-0.3, -0.25) is 14.7 Å². The Bertz CT molecular complexity index is 793. The summed E-state index contributed by atoms with van der Waals surface area (Å²) < 4.78 is 6.33. The van der Waals surface area contributed by atoms with E-state index in [2.05, 4.69) is 38.4 Å². The molecule has 1 saturated carbocycles. The van der Waals surface area contributed by atoms with Crippen molar-refractivity contribution >= 4 is 17.2 Å². The van der Waals surface area contributed by atoms with E-state index >= 15 is 0 Å². The normalized spacial score (nSPS) is 29.0. The van der Waals surface area contributed by atoms with Crippen LogP contribution in [0.25, 0.3) is 0 Å². The maximum Gasteiger partial charge on any atom is 0.256 e. The minimum absolute atomic E-state index is 0.0284. The number of morpholine rings is 1. The fraction of sp³-hybridized carbons (Fsp3) is 0.524. The Balaban J connectivity index is 1.45. The van der Waals surface area contributed by atoms with Crippen molar-refractivity contribution in [1.82, 2.24) is 14.8 Å². The molecule has 2 saturated heterocycles. The summed E-state index contributed by atoms with van der Waals surface area (Å²) in [6, 6.07) is 8.30. The van der Waals surface area contributed by atoms with Gasteiger partial charge in [-0.25, -0.2) is 0 Å². The minimum Gasteiger partial charge on any atom is -0.361 e. The summed E-state index contributed by atoms with van der Waals surface area (Å²) in [6.45, 7) is 4.60. The van der Waals surface area contributed by atoms with E-state index in [0.29, 0.717) is 19.1 Å². The van der Waals surface area contributed by atoms with E-state index in [-0.39, 0.29) is 11.8 Å². The Hall–Kier alpha value is -1.76. The summed E-state index contributed by atoms with van der Waals surface area (Å²) in [5.74, 6) is 0.911. The molecule has 2 atom stereocenters. The van der Waals surface area contributed by atoms with Crippen molar-refractivity contribution in [2.24, 2.45) is 5.92 Å². The molecule has 5 rings (SSSR count). The molecule has 2 aliphatic heterocycles. The standard InChI is InChI=1S/C21H25N3O2S/c25-20-21(26-9-8-24(20)12-16-5-6-16)15-23(13-18-4-2-10-27-18)14-19(21)17-3-1-7-22-11-17/h1-4,7,10-11,16,19H,5-6,8-9,12-15H2. The van der Waals surface area contributed by atoms with E-state index < -0.39 is 5.60 Å². The highest BCUT2D eigenvalue weighted by atomic mass is 32.1. The molecule has 2 aromatic rings. The molecule has 2 aromatic heterocycles. The minimum atomic E-state index is -0.770. The van der Waals surface area contributed by atoms with Gasteiger partial charge in [0.1, 0.15) is 0 Å². The fourth-order valence-corrected chi connectivity index (χ4v) is 5.28. The van der Waals surface area contributed by atoms with Crippen molar-refractivity contribution in [3.05, 3.63) is 52.5 Å². The maximum atomic E-state index is 13.6. The van der Waals surface area contributed by atoms with E-state index in [1.54, 1.807) is 17.5 Å². The summed E-state index contributed by atoms with van der Waals surface area (Å²) in [5, 5.41) is 2.11. The Morgan fingerprint density at radius 1 is 1.30 bits per heavy atom. The summed E-state index contributed by atoms with van der Waals surface area (Å²) in [6.07, 6.45) is 6.21. The number of pyridine rings is 1. The van der Waals surface area contributed by atoms with Crippen LogP contribution in [-0.2, 0) is 16.1 Å². The lowest BCUT2D eigenvalue weighted by Gasteiger charge is -2.42. The fourth-order valence-electron chi connectivity index (χ4n) is 4.53. The van der Waals surface area contributed by atoms with Crippen molar-refractivity contribution in [3.8, 4) is 0 Å². The van der Waals surface area contributed by atoms with E-state index in [9.17, 15) is 4.79 Å². The van der Waals surface area contributed by atoms with Crippen molar-refractivity contribution in [2.45, 2.75) is 30.9 Å². The van der Waals surface area contributed by atoms with E-state index in [1.807, 2.05) is 12.3 Å². The van der Waals surface area contributed by atoms with Crippen LogP contribution in [0.3, 0.4) is 0 Å². The Morgan fingerprint density at radius 3 is 2.96 bits per heavy atom. The van der Waals surface area contributed by atoms with Crippen molar-refractivity contribution < 1.29 is 9.53 Å². The number of thiophene rings is 1. The van der Waals surface area contributed by atoms with Gasteiger partial charge in [0.15, 0.2) is 5.60 Å². The summed E-state index contributed by atoms with van der Waals surface area (Å²) in [7, 11) is 0. The molecule has 0 N–H and O–H groups in total. The molecule has 6 heteroatoms. The third kappa shape index (κ3) is 3.30. The molecular formula is C21H25N3O2S. The first-order valence-electron chi connectivity index (χ1n) is 9.82. The zero-order valence-corrected chi connectivity index (χ0v) is 16.2. The van der Waals surface area contributed by atoms with Gasteiger partial charge in [0, 0.05) is 55.9 Å². The van der Waals surface area contributed by atoms with Crippen LogP contribution < -0.4 is 0 Å². The number of ether oxygens (including phenoxy) is 1. The largest absolute Gasteiger partial charge is 0.361 e. The number of aromatic nitrogens is 1. The molecule has 1 spiro atoms. The van der Waals surface area contributed by atoms with Crippen molar-refractivity contribution in [3.63, 3.8) is 0 Å². The zero-order valence-electron chi connectivity index (χ0n) is 15.4. The van der Waals surface area contributed by atoms with Crippen LogP contribution in [0, 0.1) is 5.92 Å². The molecule has 3 aliphatic rings.